The molecule has 2 N–H and O–H groups in total. The number of cyclic esters (lactones) is 1. The van der Waals surface area contributed by atoms with Crippen LogP contribution in [-0.4, -0.2) is 23.8 Å². The number of carbonyl (C=O) groups is 1. The first-order valence-electron chi connectivity index (χ1n) is 6.51. The number of carbonyl (C=O) groups excluding carboxylic acids is 1. The molecule has 2 aromatic rings. The molecule has 1 saturated heterocycles. The third-order valence-electron chi connectivity index (χ3n) is 3.51. The summed E-state index contributed by atoms with van der Waals surface area (Å²) in [5.74, 6) is 0.232. The third kappa shape index (κ3) is 2.45. The molecule has 1 amide bonds. The van der Waals surface area contributed by atoms with E-state index in [4.69, 9.17) is 4.74 Å². The molecule has 0 radical (unpaired) electrons. The molecule has 102 valence electrons. The van der Waals surface area contributed by atoms with E-state index in [-0.39, 0.29) is 23.8 Å². The molecule has 0 aliphatic carbocycles. The summed E-state index contributed by atoms with van der Waals surface area (Å²) < 4.78 is 5.01. The van der Waals surface area contributed by atoms with Crippen LogP contribution in [0.4, 0.5) is 4.79 Å². The zero-order valence-corrected chi connectivity index (χ0v) is 10.8. The number of phenolic OH excluding ortho intramolecular Hbond substituents is 1. The van der Waals surface area contributed by atoms with Gasteiger partial charge in [0.05, 0.1) is 6.04 Å². The van der Waals surface area contributed by atoms with Crippen LogP contribution in [0, 0.1) is 0 Å². The maximum atomic E-state index is 11.3. The van der Waals surface area contributed by atoms with Crippen molar-refractivity contribution in [3.8, 4) is 5.75 Å². The molecule has 0 saturated carbocycles. The quantitative estimate of drug-likeness (QED) is 0.900. The average molecular weight is 269 g/mol. The van der Waals surface area contributed by atoms with Crippen molar-refractivity contribution in [1.29, 1.82) is 0 Å². The highest BCUT2D eigenvalue weighted by Gasteiger charge is 2.32. The first kappa shape index (κ1) is 12.5. The highest BCUT2D eigenvalue weighted by atomic mass is 16.6. The van der Waals surface area contributed by atoms with Gasteiger partial charge in [-0.3, -0.25) is 0 Å². The topological polar surface area (TPSA) is 58.6 Å². The molecule has 0 bridgehead atoms. The van der Waals surface area contributed by atoms with Gasteiger partial charge in [0.1, 0.15) is 12.4 Å². The van der Waals surface area contributed by atoms with Crippen molar-refractivity contribution in [2.24, 2.45) is 0 Å². The predicted molar refractivity (Wildman–Crippen MR) is 74.7 cm³/mol. The monoisotopic (exact) mass is 269 g/mol. The Kier molecular flexibility index (Phi) is 3.29. The van der Waals surface area contributed by atoms with E-state index in [2.05, 4.69) is 5.32 Å². The van der Waals surface area contributed by atoms with Crippen LogP contribution in [0.25, 0.3) is 0 Å². The number of phenols is 1. The van der Waals surface area contributed by atoms with Crippen LogP contribution >= 0.6 is 0 Å². The number of aromatic hydroxyl groups is 1. The van der Waals surface area contributed by atoms with Crippen LogP contribution in [0.5, 0.6) is 5.75 Å². The Morgan fingerprint density at radius 1 is 1.05 bits per heavy atom. The Morgan fingerprint density at radius 3 is 2.30 bits per heavy atom. The van der Waals surface area contributed by atoms with Gasteiger partial charge in [-0.15, -0.1) is 0 Å². The van der Waals surface area contributed by atoms with Crippen molar-refractivity contribution in [3.05, 3.63) is 65.7 Å². The summed E-state index contributed by atoms with van der Waals surface area (Å²) in [5.41, 5.74) is 2.14. The highest BCUT2D eigenvalue weighted by molar-refractivity contribution is 5.70. The average Bonchev–Trinajstić information content (AvgIpc) is 2.89. The Balaban J connectivity index is 1.99. The third-order valence-corrected chi connectivity index (χ3v) is 3.51. The van der Waals surface area contributed by atoms with Gasteiger partial charge in [0.2, 0.25) is 0 Å². The first-order valence-corrected chi connectivity index (χ1v) is 6.51. The smallest absolute Gasteiger partial charge is 0.407 e. The maximum Gasteiger partial charge on any atom is 0.407 e. The van der Waals surface area contributed by atoms with E-state index < -0.39 is 0 Å². The van der Waals surface area contributed by atoms with E-state index in [0.717, 1.165) is 11.1 Å². The second kappa shape index (κ2) is 5.25. The lowest BCUT2D eigenvalue weighted by atomic mass is 9.85. The minimum atomic E-state index is -0.380. The summed E-state index contributed by atoms with van der Waals surface area (Å²) in [4.78, 5) is 11.3. The molecule has 0 aromatic heterocycles. The number of ether oxygens (including phenoxy) is 1. The van der Waals surface area contributed by atoms with E-state index >= 15 is 0 Å². The molecule has 2 atom stereocenters. The largest absolute Gasteiger partial charge is 0.508 e. The molecule has 20 heavy (non-hydrogen) atoms. The Morgan fingerprint density at radius 2 is 1.70 bits per heavy atom. The SMILES string of the molecule is O=C1N[C@H]([C@H](c2ccccc2)c2ccc(O)cc2)CO1. The molecule has 4 heteroatoms. The Labute approximate surface area is 117 Å². The van der Waals surface area contributed by atoms with Crippen LogP contribution in [0.1, 0.15) is 17.0 Å². The summed E-state index contributed by atoms with van der Waals surface area (Å²) in [7, 11) is 0. The second-order valence-corrected chi connectivity index (χ2v) is 4.83. The van der Waals surface area contributed by atoms with Gasteiger partial charge < -0.3 is 15.2 Å². The van der Waals surface area contributed by atoms with Gasteiger partial charge in [0.25, 0.3) is 0 Å². The van der Waals surface area contributed by atoms with Crippen LogP contribution in [-0.2, 0) is 4.74 Å². The molecule has 1 fully saturated rings. The minimum absolute atomic E-state index is 0.00301. The molecule has 0 spiro atoms. The normalized spacial score (nSPS) is 19.2. The molecule has 0 unspecified atom stereocenters. The number of benzene rings is 2. The van der Waals surface area contributed by atoms with Gasteiger partial charge in [-0.2, -0.15) is 0 Å². The summed E-state index contributed by atoms with van der Waals surface area (Å²) in [5, 5.41) is 12.3. The van der Waals surface area contributed by atoms with Crippen LogP contribution in [0.15, 0.2) is 54.6 Å². The molecule has 4 nitrogen and oxygen atoms in total. The number of rotatable bonds is 3. The standard InChI is InChI=1S/C16H15NO3/c18-13-8-6-12(7-9-13)15(11-4-2-1-3-5-11)14-10-20-16(19)17-14/h1-9,14-15,18H,10H2,(H,17,19)/t14-,15+/m0/s1. The summed E-state index contributed by atoms with van der Waals surface area (Å²) in [6.45, 7) is 0.346. The number of hydrogen-bond donors (Lipinski definition) is 2. The molecule has 1 aliphatic heterocycles. The fourth-order valence-electron chi connectivity index (χ4n) is 2.58. The van der Waals surface area contributed by atoms with Gasteiger partial charge >= 0.3 is 6.09 Å². The fourth-order valence-corrected chi connectivity index (χ4v) is 2.58. The zero-order valence-electron chi connectivity index (χ0n) is 10.8. The first-order chi connectivity index (χ1) is 9.74. The van der Waals surface area contributed by atoms with Crippen molar-refractivity contribution >= 4 is 6.09 Å². The summed E-state index contributed by atoms with van der Waals surface area (Å²) in [6.07, 6.45) is -0.380. The molecule has 3 rings (SSSR count). The van der Waals surface area contributed by atoms with E-state index in [1.165, 1.54) is 0 Å². The zero-order chi connectivity index (χ0) is 13.9. The van der Waals surface area contributed by atoms with Crippen molar-refractivity contribution in [2.75, 3.05) is 6.61 Å². The van der Waals surface area contributed by atoms with Gasteiger partial charge in [-0.05, 0) is 23.3 Å². The van der Waals surface area contributed by atoms with Crippen molar-refractivity contribution < 1.29 is 14.6 Å². The molecule has 1 aliphatic rings. The van der Waals surface area contributed by atoms with E-state index in [9.17, 15) is 9.90 Å². The van der Waals surface area contributed by atoms with E-state index in [1.54, 1.807) is 12.1 Å². The van der Waals surface area contributed by atoms with Crippen molar-refractivity contribution in [1.82, 2.24) is 5.32 Å². The van der Waals surface area contributed by atoms with E-state index in [1.807, 2.05) is 42.5 Å². The summed E-state index contributed by atoms with van der Waals surface area (Å²) >= 11 is 0. The molecular formula is C16H15NO3. The van der Waals surface area contributed by atoms with Crippen molar-refractivity contribution in [3.63, 3.8) is 0 Å². The maximum absolute atomic E-state index is 11.3. The molecular weight excluding hydrogens is 254 g/mol. The predicted octanol–water partition coefficient (Wildman–Crippen LogP) is 2.63. The van der Waals surface area contributed by atoms with Gasteiger partial charge in [-0.1, -0.05) is 42.5 Å². The lowest BCUT2D eigenvalue weighted by Gasteiger charge is -2.23. The Bertz CT molecular complexity index is 595. The Hall–Kier alpha value is -2.49. The fraction of sp³-hybridized carbons (Fsp3) is 0.188. The number of hydrogen-bond acceptors (Lipinski definition) is 3. The lowest BCUT2D eigenvalue weighted by molar-refractivity contribution is 0.176. The van der Waals surface area contributed by atoms with Gasteiger partial charge in [0.15, 0.2) is 0 Å². The van der Waals surface area contributed by atoms with Crippen LogP contribution in [0.3, 0.4) is 0 Å². The minimum Gasteiger partial charge on any atom is -0.508 e. The van der Waals surface area contributed by atoms with Crippen molar-refractivity contribution in [2.45, 2.75) is 12.0 Å². The van der Waals surface area contributed by atoms with Gasteiger partial charge in [-0.25, -0.2) is 4.79 Å². The molecule has 1 heterocycles. The van der Waals surface area contributed by atoms with E-state index in [0.29, 0.717) is 6.61 Å². The second-order valence-electron chi connectivity index (χ2n) is 4.83. The summed E-state index contributed by atoms with van der Waals surface area (Å²) in [6, 6.07) is 16.9. The van der Waals surface area contributed by atoms with Crippen LogP contribution < -0.4 is 5.32 Å². The highest BCUT2D eigenvalue weighted by Crippen LogP contribution is 2.30. The number of amides is 1. The molecule has 2 aromatic carbocycles. The van der Waals surface area contributed by atoms with Crippen LogP contribution in [0.2, 0.25) is 0 Å². The number of alkyl carbamates (subject to hydrolysis) is 1. The number of nitrogens with one attached hydrogen (secondary N) is 1. The van der Waals surface area contributed by atoms with Gasteiger partial charge in [0, 0.05) is 5.92 Å². The lowest BCUT2D eigenvalue weighted by Crippen LogP contribution is -2.33.